The van der Waals surface area contributed by atoms with Crippen molar-refractivity contribution in [1.29, 1.82) is 5.26 Å². The first-order chi connectivity index (χ1) is 9.69. The maximum Gasteiger partial charge on any atom is 0.707 e. The van der Waals surface area contributed by atoms with Gasteiger partial charge in [0, 0.05) is 0 Å². The molecule has 0 fully saturated rings. The van der Waals surface area contributed by atoms with E-state index >= 15 is 0 Å². The van der Waals surface area contributed by atoms with Crippen LogP contribution in [0.4, 0.5) is 0 Å². The topological polar surface area (TPSA) is 82.7 Å². The van der Waals surface area contributed by atoms with Crippen molar-refractivity contribution >= 4 is 7.32 Å². The van der Waals surface area contributed by atoms with Crippen molar-refractivity contribution < 1.29 is 19.4 Å². The van der Waals surface area contributed by atoms with E-state index in [4.69, 9.17) is 20.0 Å². The van der Waals surface area contributed by atoms with E-state index in [9.17, 15) is 0 Å². The monoisotopic (exact) mass is 269 g/mol. The minimum atomic E-state index is -1.92. The summed E-state index contributed by atoms with van der Waals surface area (Å²) in [7, 11) is -1.92. The second-order valence-corrected chi connectivity index (χ2v) is 3.99. The van der Waals surface area contributed by atoms with E-state index in [0.717, 1.165) is 5.56 Å². The summed E-state index contributed by atoms with van der Waals surface area (Å²) in [6.07, 6.45) is 0. The predicted molar refractivity (Wildman–Crippen MR) is 72.8 cm³/mol. The molecule has 5 nitrogen and oxygen atoms in total. The Hall–Kier alpha value is -2.49. The van der Waals surface area contributed by atoms with Gasteiger partial charge in [-0.25, -0.2) is 0 Å². The van der Waals surface area contributed by atoms with Crippen molar-refractivity contribution in [2.45, 2.75) is 6.61 Å². The third kappa shape index (κ3) is 3.75. The largest absolute Gasteiger partial charge is 0.707 e. The number of nitriles is 1. The molecule has 0 aliphatic carbocycles. The number of rotatable bonds is 5. The molecular formula is C14H12BNO4. The third-order valence-electron chi connectivity index (χ3n) is 2.55. The molecule has 0 heterocycles. The first-order valence-electron chi connectivity index (χ1n) is 5.92. The molecule has 2 rings (SSSR count). The molecule has 2 aromatic carbocycles. The predicted octanol–water partition coefficient (Wildman–Crippen LogP) is 1.49. The molecule has 0 unspecified atom stereocenters. The lowest BCUT2D eigenvalue weighted by atomic mass is 10.2. The Labute approximate surface area is 116 Å². The van der Waals surface area contributed by atoms with Gasteiger partial charge >= 0.3 is 7.32 Å². The minimum absolute atomic E-state index is 0.184. The number of benzene rings is 2. The quantitative estimate of drug-likeness (QED) is 0.803. The van der Waals surface area contributed by atoms with Gasteiger partial charge in [-0.2, -0.15) is 5.26 Å². The van der Waals surface area contributed by atoms with E-state index in [1.54, 1.807) is 6.07 Å². The van der Waals surface area contributed by atoms with Crippen LogP contribution in [-0.4, -0.2) is 17.4 Å². The molecule has 0 saturated carbocycles. The highest BCUT2D eigenvalue weighted by molar-refractivity contribution is 6.33. The average Bonchev–Trinajstić information content (AvgIpc) is 2.46. The Kier molecular flexibility index (Phi) is 4.61. The first-order valence-corrected chi connectivity index (χ1v) is 5.92. The van der Waals surface area contributed by atoms with E-state index in [0.29, 0.717) is 12.4 Å². The van der Waals surface area contributed by atoms with Gasteiger partial charge in [-0.3, -0.25) is 0 Å². The zero-order valence-electron chi connectivity index (χ0n) is 10.6. The molecule has 0 atom stereocenters. The second-order valence-electron chi connectivity index (χ2n) is 3.99. The van der Waals surface area contributed by atoms with Gasteiger partial charge in [0.25, 0.3) is 0 Å². The van der Waals surface area contributed by atoms with Gasteiger partial charge in [0.05, 0.1) is 5.56 Å². The van der Waals surface area contributed by atoms with Crippen LogP contribution in [0.1, 0.15) is 11.1 Å². The van der Waals surface area contributed by atoms with Crippen molar-refractivity contribution in [1.82, 2.24) is 0 Å². The normalized spacial score (nSPS) is 9.65. The highest BCUT2D eigenvalue weighted by atomic mass is 16.6. The van der Waals surface area contributed by atoms with Crippen LogP contribution in [0.3, 0.4) is 0 Å². The summed E-state index contributed by atoms with van der Waals surface area (Å²) in [6.45, 7) is 0.346. The number of hydrogen-bond donors (Lipinski definition) is 2. The molecule has 6 heteroatoms. The van der Waals surface area contributed by atoms with Crippen LogP contribution >= 0.6 is 0 Å². The molecule has 0 aromatic heterocycles. The Balaban J connectivity index is 2.10. The van der Waals surface area contributed by atoms with Crippen molar-refractivity contribution in [3.05, 3.63) is 59.7 Å². The van der Waals surface area contributed by atoms with Crippen molar-refractivity contribution in [3.63, 3.8) is 0 Å². The zero-order valence-corrected chi connectivity index (χ0v) is 10.6. The lowest BCUT2D eigenvalue weighted by Gasteiger charge is -2.10. The molecule has 2 N–H and O–H groups in total. The van der Waals surface area contributed by atoms with Gasteiger partial charge in [-0.1, -0.05) is 30.3 Å². The first kappa shape index (κ1) is 13.9. The molecule has 2 aromatic rings. The van der Waals surface area contributed by atoms with E-state index in [1.807, 2.05) is 36.4 Å². The van der Waals surface area contributed by atoms with Gasteiger partial charge in [0.15, 0.2) is 0 Å². The molecular weight excluding hydrogens is 257 g/mol. The third-order valence-corrected chi connectivity index (χ3v) is 2.55. The Morgan fingerprint density at radius 3 is 2.50 bits per heavy atom. The highest BCUT2D eigenvalue weighted by Crippen LogP contribution is 2.24. The van der Waals surface area contributed by atoms with E-state index in [-0.39, 0.29) is 11.3 Å². The highest BCUT2D eigenvalue weighted by Gasteiger charge is 2.13. The van der Waals surface area contributed by atoms with Crippen LogP contribution < -0.4 is 9.39 Å². The van der Waals surface area contributed by atoms with Gasteiger partial charge < -0.3 is 19.4 Å². The van der Waals surface area contributed by atoms with Gasteiger partial charge in [0.1, 0.15) is 24.2 Å². The summed E-state index contributed by atoms with van der Waals surface area (Å²) in [5.74, 6) is 0.597. The zero-order chi connectivity index (χ0) is 14.4. The van der Waals surface area contributed by atoms with Crippen LogP contribution in [0.5, 0.6) is 11.5 Å². The second kappa shape index (κ2) is 6.61. The van der Waals surface area contributed by atoms with Gasteiger partial charge in [-0.15, -0.1) is 0 Å². The Bertz CT molecular complexity index is 610. The fourth-order valence-corrected chi connectivity index (χ4v) is 1.65. The number of nitrogens with zero attached hydrogens (tertiary/aromatic N) is 1. The Morgan fingerprint density at radius 2 is 1.85 bits per heavy atom. The van der Waals surface area contributed by atoms with E-state index < -0.39 is 7.32 Å². The molecule has 100 valence electrons. The molecule has 0 aliphatic rings. The maximum absolute atomic E-state index is 9.06. The summed E-state index contributed by atoms with van der Waals surface area (Å²) >= 11 is 0. The van der Waals surface area contributed by atoms with Crippen LogP contribution in [0.15, 0.2) is 48.5 Å². The van der Waals surface area contributed by atoms with Crippen LogP contribution in [0.25, 0.3) is 0 Å². The molecule has 0 aliphatic heterocycles. The van der Waals surface area contributed by atoms with Crippen molar-refractivity contribution in [2.75, 3.05) is 0 Å². The smallest absolute Gasteiger partial charge is 0.512 e. The maximum atomic E-state index is 9.06. The number of hydrogen-bond acceptors (Lipinski definition) is 5. The minimum Gasteiger partial charge on any atom is -0.512 e. The SMILES string of the molecule is N#Cc1cc(OB(O)O)ccc1OCc1ccccc1. The van der Waals surface area contributed by atoms with E-state index in [1.165, 1.54) is 12.1 Å². The molecule has 0 amide bonds. The fourth-order valence-electron chi connectivity index (χ4n) is 1.65. The molecule has 20 heavy (non-hydrogen) atoms. The molecule has 0 radical (unpaired) electrons. The molecule has 0 saturated heterocycles. The standard InChI is InChI=1S/C14H12BNO4/c16-9-12-8-13(20-15(17)18)6-7-14(12)19-10-11-4-2-1-3-5-11/h1-8,17-18H,10H2. The lowest BCUT2D eigenvalue weighted by Crippen LogP contribution is -2.20. The molecule has 0 bridgehead atoms. The molecule has 0 spiro atoms. The van der Waals surface area contributed by atoms with Crippen LogP contribution in [0, 0.1) is 11.3 Å². The number of ether oxygens (including phenoxy) is 1. The van der Waals surface area contributed by atoms with Gasteiger partial charge in [-0.05, 0) is 23.8 Å². The summed E-state index contributed by atoms with van der Waals surface area (Å²) in [5.41, 5.74) is 1.25. The summed E-state index contributed by atoms with van der Waals surface area (Å²) in [5, 5.41) is 26.5. The van der Waals surface area contributed by atoms with Crippen LogP contribution in [-0.2, 0) is 6.61 Å². The average molecular weight is 269 g/mol. The van der Waals surface area contributed by atoms with Crippen LogP contribution in [0.2, 0.25) is 0 Å². The lowest BCUT2D eigenvalue weighted by molar-refractivity contribution is 0.286. The summed E-state index contributed by atoms with van der Waals surface area (Å²) < 4.78 is 10.2. The summed E-state index contributed by atoms with van der Waals surface area (Å²) in [6, 6.07) is 16.0. The van der Waals surface area contributed by atoms with Gasteiger partial charge in [0.2, 0.25) is 0 Å². The Morgan fingerprint density at radius 1 is 1.10 bits per heavy atom. The van der Waals surface area contributed by atoms with E-state index in [2.05, 4.69) is 4.65 Å². The summed E-state index contributed by atoms with van der Waals surface area (Å²) in [4.78, 5) is 0. The fraction of sp³-hybridized carbons (Fsp3) is 0.0714. The van der Waals surface area contributed by atoms with Crippen molar-refractivity contribution in [3.8, 4) is 17.6 Å². The van der Waals surface area contributed by atoms with Crippen molar-refractivity contribution in [2.24, 2.45) is 0 Å².